The van der Waals surface area contributed by atoms with Crippen LogP contribution in [0, 0.1) is 11.3 Å². The Morgan fingerprint density at radius 1 is 1.62 bits per heavy atom. The molecule has 1 N–H and O–H groups in total. The third kappa shape index (κ3) is 2.17. The summed E-state index contributed by atoms with van der Waals surface area (Å²) in [7, 11) is 0. The lowest BCUT2D eigenvalue weighted by atomic mass is 9.60. The fraction of sp³-hybridized carbons (Fsp3) is 0.889. The van der Waals surface area contributed by atoms with Gasteiger partial charge < -0.3 is 5.11 Å². The number of carboxylic acid groups (broad SMARTS) is 1. The summed E-state index contributed by atoms with van der Waals surface area (Å²) in [4.78, 5) is 10.8. The van der Waals surface area contributed by atoms with Crippen molar-refractivity contribution < 1.29 is 18.7 Å². The molecule has 0 aromatic heterocycles. The van der Waals surface area contributed by atoms with Crippen LogP contribution in [0.15, 0.2) is 0 Å². The van der Waals surface area contributed by atoms with E-state index in [0.717, 1.165) is 6.92 Å². The minimum Gasteiger partial charge on any atom is -0.481 e. The summed E-state index contributed by atoms with van der Waals surface area (Å²) in [6, 6.07) is 0. The Balaban J connectivity index is 2.66. The van der Waals surface area contributed by atoms with Crippen molar-refractivity contribution in [2.75, 3.05) is 0 Å². The number of carboxylic acids is 1. The highest BCUT2D eigenvalue weighted by molar-refractivity contribution is 5.76. The molecule has 1 rings (SSSR count). The molecular formula is C9H14F2O2. The van der Waals surface area contributed by atoms with Crippen LogP contribution in [-0.2, 0) is 4.79 Å². The molecule has 0 radical (unpaired) electrons. The van der Waals surface area contributed by atoms with Crippen LogP contribution in [0.5, 0.6) is 0 Å². The number of carbonyl (C=O) groups is 1. The van der Waals surface area contributed by atoms with Crippen molar-refractivity contribution in [2.24, 2.45) is 11.3 Å². The molecule has 0 bridgehead atoms. The quantitative estimate of drug-likeness (QED) is 0.746. The first-order chi connectivity index (χ1) is 5.75. The van der Waals surface area contributed by atoms with Crippen LogP contribution in [-0.4, -0.2) is 17.0 Å². The zero-order valence-electron chi connectivity index (χ0n) is 7.81. The maximum atomic E-state index is 12.7. The van der Waals surface area contributed by atoms with Crippen molar-refractivity contribution >= 4 is 5.97 Å². The summed E-state index contributed by atoms with van der Waals surface area (Å²) >= 11 is 0. The Hall–Kier alpha value is -0.670. The Bertz CT molecular complexity index is 214. The van der Waals surface area contributed by atoms with Gasteiger partial charge in [0.25, 0.3) is 0 Å². The Labute approximate surface area is 75.9 Å². The maximum absolute atomic E-state index is 12.7. The summed E-state index contributed by atoms with van der Waals surface area (Å²) in [5, 5.41) is 8.83. The van der Waals surface area contributed by atoms with E-state index in [4.69, 9.17) is 5.11 Å². The molecule has 0 unspecified atom stereocenters. The second-order valence-electron chi connectivity index (χ2n) is 4.35. The lowest BCUT2D eigenvalue weighted by molar-refractivity contribution is -0.167. The van der Waals surface area contributed by atoms with E-state index in [0.29, 0.717) is 12.8 Å². The molecule has 1 aliphatic carbocycles. The first kappa shape index (κ1) is 10.4. The second-order valence-corrected chi connectivity index (χ2v) is 4.35. The zero-order chi connectivity index (χ0) is 10.3. The Morgan fingerprint density at radius 3 is 2.31 bits per heavy atom. The number of hydrogen-bond donors (Lipinski definition) is 1. The van der Waals surface area contributed by atoms with Crippen LogP contribution in [0.3, 0.4) is 0 Å². The molecule has 0 amide bonds. The molecule has 4 heteroatoms. The van der Waals surface area contributed by atoms with Crippen LogP contribution in [0.1, 0.15) is 33.1 Å². The molecule has 0 aromatic carbocycles. The van der Waals surface area contributed by atoms with E-state index in [1.807, 2.05) is 6.92 Å². The monoisotopic (exact) mass is 192 g/mol. The summed E-state index contributed by atoms with van der Waals surface area (Å²) in [5.41, 5.74) is -1.16. The van der Waals surface area contributed by atoms with Gasteiger partial charge in [-0.25, -0.2) is 8.78 Å². The van der Waals surface area contributed by atoms with Gasteiger partial charge in [-0.05, 0) is 25.7 Å². The van der Waals surface area contributed by atoms with E-state index >= 15 is 0 Å². The van der Waals surface area contributed by atoms with Gasteiger partial charge in [0.15, 0.2) is 0 Å². The van der Waals surface area contributed by atoms with Crippen molar-refractivity contribution in [3.63, 3.8) is 0 Å². The molecule has 0 spiro atoms. The van der Waals surface area contributed by atoms with Crippen LogP contribution < -0.4 is 0 Å². The molecule has 76 valence electrons. The van der Waals surface area contributed by atoms with Crippen molar-refractivity contribution in [1.82, 2.24) is 0 Å². The Kier molecular flexibility index (Phi) is 2.34. The maximum Gasteiger partial charge on any atom is 0.309 e. The number of halogens is 2. The molecule has 0 atom stereocenters. The highest BCUT2D eigenvalue weighted by atomic mass is 19.3. The number of aliphatic carboxylic acids is 1. The normalized spacial score (nSPS) is 34.0. The van der Waals surface area contributed by atoms with Gasteiger partial charge in [-0.15, -0.1) is 0 Å². The molecule has 1 aliphatic rings. The number of rotatable bonds is 3. The van der Waals surface area contributed by atoms with Crippen molar-refractivity contribution in [2.45, 2.75) is 39.0 Å². The largest absolute Gasteiger partial charge is 0.481 e. The molecule has 13 heavy (non-hydrogen) atoms. The topological polar surface area (TPSA) is 37.3 Å². The standard InChI is InChI=1S/C9H14F2O2/c1-6-3-9(4-6,7(12)13)5-8(2,10)11/h6H,3-5H2,1-2H3,(H,12,13). The van der Waals surface area contributed by atoms with Crippen LogP contribution in [0.4, 0.5) is 8.78 Å². The van der Waals surface area contributed by atoms with Gasteiger partial charge in [0.2, 0.25) is 5.92 Å². The molecule has 1 saturated carbocycles. The molecule has 2 nitrogen and oxygen atoms in total. The van der Waals surface area contributed by atoms with Crippen molar-refractivity contribution in [3.05, 3.63) is 0 Å². The minimum absolute atomic E-state index is 0.262. The van der Waals surface area contributed by atoms with E-state index < -0.39 is 23.7 Å². The average Bonchev–Trinajstić information content (AvgIpc) is 1.79. The van der Waals surface area contributed by atoms with Crippen LogP contribution in [0.2, 0.25) is 0 Å². The first-order valence-electron chi connectivity index (χ1n) is 4.36. The number of hydrogen-bond acceptors (Lipinski definition) is 1. The van der Waals surface area contributed by atoms with Crippen LogP contribution in [0.25, 0.3) is 0 Å². The van der Waals surface area contributed by atoms with Gasteiger partial charge in [0, 0.05) is 6.42 Å². The fourth-order valence-corrected chi connectivity index (χ4v) is 2.26. The molecule has 1 fully saturated rings. The van der Waals surface area contributed by atoms with Gasteiger partial charge in [-0.1, -0.05) is 6.92 Å². The predicted octanol–water partition coefficient (Wildman–Crippen LogP) is 2.53. The third-order valence-electron chi connectivity index (χ3n) is 2.58. The highest BCUT2D eigenvalue weighted by Gasteiger charge is 2.52. The minimum atomic E-state index is -2.88. The summed E-state index contributed by atoms with van der Waals surface area (Å²) in [6.45, 7) is 2.66. The molecular weight excluding hydrogens is 178 g/mol. The lowest BCUT2D eigenvalue weighted by Crippen LogP contribution is -2.46. The highest BCUT2D eigenvalue weighted by Crippen LogP contribution is 2.51. The van der Waals surface area contributed by atoms with Gasteiger partial charge in [0.05, 0.1) is 5.41 Å². The van der Waals surface area contributed by atoms with Gasteiger partial charge in [-0.3, -0.25) is 4.79 Å². The van der Waals surface area contributed by atoms with E-state index in [9.17, 15) is 13.6 Å². The van der Waals surface area contributed by atoms with Crippen molar-refractivity contribution in [1.29, 1.82) is 0 Å². The van der Waals surface area contributed by atoms with Gasteiger partial charge in [-0.2, -0.15) is 0 Å². The number of alkyl halides is 2. The van der Waals surface area contributed by atoms with Crippen LogP contribution >= 0.6 is 0 Å². The smallest absolute Gasteiger partial charge is 0.309 e. The lowest BCUT2D eigenvalue weighted by Gasteiger charge is -2.44. The second kappa shape index (κ2) is 2.93. The average molecular weight is 192 g/mol. The zero-order valence-corrected chi connectivity index (χ0v) is 7.81. The van der Waals surface area contributed by atoms with Crippen molar-refractivity contribution in [3.8, 4) is 0 Å². The molecule has 0 saturated heterocycles. The molecule has 0 aliphatic heterocycles. The summed E-state index contributed by atoms with van der Waals surface area (Å²) in [5.74, 6) is -3.69. The van der Waals surface area contributed by atoms with E-state index in [-0.39, 0.29) is 5.92 Å². The van der Waals surface area contributed by atoms with E-state index in [1.165, 1.54) is 0 Å². The predicted molar refractivity (Wildman–Crippen MR) is 43.7 cm³/mol. The fourth-order valence-electron chi connectivity index (χ4n) is 2.26. The summed E-state index contributed by atoms with van der Waals surface area (Å²) in [6.07, 6.45) is 0.233. The van der Waals surface area contributed by atoms with Gasteiger partial charge in [0.1, 0.15) is 0 Å². The molecule has 0 aromatic rings. The van der Waals surface area contributed by atoms with Gasteiger partial charge >= 0.3 is 5.97 Å². The molecule has 0 heterocycles. The van der Waals surface area contributed by atoms with E-state index in [2.05, 4.69) is 0 Å². The first-order valence-corrected chi connectivity index (χ1v) is 4.36. The summed E-state index contributed by atoms with van der Waals surface area (Å²) < 4.78 is 25.3. The SMILES string of the molecule is CC1CC(CC(C)(F)F)(C(=O)O)C1. The Morgan fingerprint density at radius 2 is 2.08 bits per heavy atom. The third-order valence-corrected chi connectivity index (χ3v) is 2.58. The van der Waals surface area contributed by atoms with E-state index in [1.54, 1.807) is 0 Å².